The third-order valence-electron chi connectivity index (χ3n) is 6.82. The van der Waals surface area contributed by atoms with Crippen LogP contribution in [0.15, 0.2) is 22.8 Å². The third kappa shape index (κ3) is 3.58. The lowest BCUT2D eigenvalue weighted by atomic mass is 9.86. The fraction of sp³-hybridized carbons (Fsp3) is 0.652. The van der Waals surface area contributed by atoms with Gasteiger partial charge in [-0.25, -0.2) is 0 Å². The van der Waals surface area contributed by atoms with E-state index < -0.39 is 5.54 Å². The van der Waals surface area contributed by atoms with Gasteiger partial charge in [0.15, 0.2) is 5.58 Å². The molecule has 3 heterocycles. The van der Waals surface area contributed by atoms with Crippen molar-refractivity contribution in [3.63, 3.8) is 0 Å². The number of carbonyl (C=O) groups excluding carboxylic acids is 2. The largest absolute Gasteiger partial charge is 0.463 e. The van der Waals surface area contributed by atoms with Crippen molar-refractivity contribution in [1.29, 1.82) is 0 Å². The molecule has 0 spiro atoms. The molecule has 4 rings (SSSR count). The Hall–Kier alpha value is -2.24. The monoisotopic (exact) mass is 399 g/mol. The molecule has 2 amide bonds. The van der Waals surface area contributed by atoms with Gasteiger partial charge in [0, 0.05) is 24.7 Å². The van der Waals surface area contributed by atoms with Gasteiger partial charge in [-0.2, -0.15) is 0 Å². The standard InChI is InChI=1S/C23H33N3O3/c1-15(2)9-11-26-21(27)19-13-20-18(10-12-29-20)25(19)14-23(26,4)22(28)24-17-7-5-16(3)6-8-17/h10,12-13,15-17H,5-9,11,14H2,1-4H3,(H,24,28)/t16?,17?,23-/m1/s1. The van der Waals surface area contributed by atoms with Gasteiger partial charge in [0.1, 0.15) is 11.2 Å². The van der Waals surface area contributed by atoms with E-state index in [1.165, 1.54) is 0 Å². The Balaban J connectivity index is 1.64. The molecule has 1 atom stereocenters. The van der Waals surface area contributed by atoms with Crippen LogP contribution in [0.3, 0.4) is 0 Å². The van der Waals surface area contributed by atoms with Crippen LogP contribution >= 0.6 is 0 Å². The van der Waals surface area contributed by atoms with Crippen LogP contribution in [0, 0.1) is 11.8 Å². The van der Waals surface area contributed by atoms with Gasteiger partial charge in [0.2, 0.25) is 5.91 Å². The zero-order valence-corrected chi connectivity index (χ0v) is 18.0. The summed E-state index contributed by atoms with van der Waals surface area (Å²) in [6.07, 6.45) is 6.83. The van der Waals surface area contributed by atoms with Crippen molar-refractivity contribution in [2.45, 2.75) is 77.9 Å². The van der Waals surface area contributed by atoms with Crippen LogP contribution in [-0.2, 0) is 11.3 Å². The van der Waals surface area contributed by atoms with Crippen molar-refractivity contribution in [2.75, 3.05) is 6.54 Å². The molecule has 1 fully saturated rings. The molecule has 2 aromatic rings. The lowest BCUT2D eigenvalue weighted by Gasteiger charge is -2.45. The zero-order valence-electron chi connectivity index (χ0n) is 18.0. The maximum absolute atomic E-state index is 13.5. The van der Waals surface area contributed by atoms with Gasteiger partial charge in [0.25, 0.3) is 5.91 Å². The van der Waals surface area contributed by atoms with Gasteiger partial charge < -0.3 is 19.2 Å². The zero-order chi connectivity index (χ0) is 20.8. The molecule has 0 unspecified atom stereocenters. The maximum Gasteiger partial charge on any atom is 0.271 e. The number of nitrogens with one attached hydrogen (secondary N) is 1. The number of rotatable bonds is 5. The molecule has 1 saturated carbocycles. The Labute approximate surface area is 172 Å². The average Bonchev–Trinajstić information content (AvgIpc) is 3.25. The highest BCUT2D eigenvalue weighted by Gasteiger charge is 2.48. The van der Waals surface area contributed by atoms with Crippen LogP contribution in [0.5, 0.6) is 0 Å². The third-order valence-corrected chi connectivity index (χ3v) is 6.82. The molecule has 1 N–H and O–H groups in total. The number of furan rings is 1. The van der Waals surface area contributed by atoms with Crippen molar-refractivity contribution >= 4 is 22.9 Å². The SMILES string of the molecule is CC(C)CCN1C(=O)c2cc3occc3n2C[C@]1(C)C(=O)NC1CCC(C)CC1. The van der Waals surface area contributed by atoms with E-state index in [1.807, 2.05) is 17.6 Å². The first-order valence-electron chi connectivity index (χ1n) is 11.0. The Morgan fingerprint density at radius 3 is 2.72 bits per heavy atom. The molecule has 0 aromatic carbocycles. The molecule has 0 bridgehead atoms. The van der Waals surface area contributed by atoms with Crippen molar-refractivity contribution in [1.82, 2.24) is 14.8 Å². The van der Waals surface area contributed by atoms with Gasteiger partial charge in [-0.15, -0.1) is 0 Å². The second kappa shape index (κ2) is 7.54. The molecule has 1 aliphatic carbocycles. The number of carbonyl (C=O) groups is 2. The highest BCUT2D eigenvalue weighted by Crippen LogP contribution is 2.34. The molecule has 6 heteroatoms. The smallest absolute Gasteiger partial charge is 0.271 e. The molecule has 158 valence electrons. The average molecular weight is 400 g/mol. The molecule has 1 aliphatic heterocycles. The van der Waals surface area contributed by atoms with Crippen molar-refractivity contribution < 1.29 is 14.0 Å². The lowest BCUT2D eigenvalue weighted by Crippen LogP contribution is -2.65. The van der Waals surface area contributed by atoms with Crippen LogP contribution in [-0.4, -0.2) is 39.4 Å². The van der Waals surface area contributed by atoms with E-state index in [2.05, 4.69) is 26.1 Å². The van der Waals surface area contributed by atoms with Gasteiger partial charge in [-0.05, 0) is 50.9 Å². The summed E-state index contributed by atoms with van der Waals surface area (Å²) in [5.41, 5.74) is 1.27. The van der Waals surface area contributed by atoms with Gasteiger partial charge >= 0.3 is 0 Å². The van der Waals surface area contributed by atoms with Gasteiger partial charge in [0.05, 0.1) is 18.3 Å². The highest BCUT2D eigenvalue weighted by atomic mass is 16.3. The molecule has 2 aromatic heterocycles. The minimum Gasteiger partial charge on any atom is -0.463 e. The van der Waals surface area contributed by atoms with Crippen LogP contribution in [0.4, 0.5) is 0 Å². The van der Waals surface area contributed by atoms with Gasteiger partial charge in [-0.3, -0.25) is 9.59 Å². The second-order valence-electron chi connectivity index (χ2n) is 9.63. The Kier molecular flexibility index (Phi) is 5.21. The molecule has 6 nitrogen and oxygen atoms in total. The predicted octanol–water partition coefficient (Wildman–Crippen LogP) is 4.19. The van der Waals surface area contributed by atoms with Crippen molar-refractivity contribution in [3.05, 3.63) is 24.1 Å². The highest BCUT2D eigenvalue weighted by molar-refractivity contribution is 6.02. The Morgan fingerprint density at radius 1 is 1.31 bits per heavy atom. The summed E-state index contributed by atoms with van der Waals surface area (Å²) >= 11 is 0. The van der Waals surface area contributed by atoms with E-state index in [1.54, 1.807) is 17.2 Å². The number of nitrogens with zero attached hydrogens (tertiary/aromatic N) is 2. The summed E-state index contributed by atoms with van der Waals surface area (Å²) in [5.74, 6) is 1.07. The number of hydrogen-bond donors (Lipinski definition) is 1. The van der Waals surface area contributed by atoms with E-state index in [0.29, 0.717) is 30.3 Å². The fourth-order valence-electron chi connectivity index (χ4n) is 4.76. The number of fused-ring (bicyclic) bond motifs is 3. The first kappa shape index (κ1) is 20.0. The minimum absolute atomic E-state index is 0.0369. The summed E-state index contributed by atoms with van der Waals surface area (Å²) in [7, 11) is 0. The van der Waals surface area contributed by atoms with E-state index in [9.17, 15) is 9.59 Å². The van der Waals surface area contributed by atoms with E-state index in [4.69, 9.17) is 4.42 Å². The number of hydrogen-bond acceptors (Lipinski definition) is 3. The molecule has 0 saturated heterocycles. The molecular weight excluding hydrogens is 366 g/mol. The van der Waals surface area contributed by atoms with Crippen molar-refractivity contribution in [2.24, 2.45) is 11.8 Å². The summed E-state index contributed by atoms with van der Waals surface area (Å²) in [6.45, 7) is 9.51. The summed E-state index contributed by atoms with van der Waals surface area (Å²) in [6, 6.07) is 3.88. The normalized spacial score (nSPS) is 27.5. The number of aromatic nitrogens is 1. The quantitative estimate of drug-likeness (QED) is 0.820. The molecule has 29 heavy (non-hydrogen) atoms. The topological polar surface area (TPSA) is 67.5 Å². The predicted molar refractivity (Wildman–Crippen MR) is 113 cm³/mol. The second-order valence-corrected chi connectivity index (χ2v) is 9.63. The maximum atomic E-state index is 13.5. The molecule has 2 aliphatic rings. The number of amides is 2. The summed E-state index contributed by atoms with van der Waals surface area (Å²) in [5, 5.41) is 3.28. The molecular formula is C23H33N3O3. The van der Waals surface area contributed by atoms with Crippen LogP contribution in [0.1, 0.15) is 70.3 Å². The Morgan fingerprint density at radius 2 is 2.03 bits per heavy atom. The lowest BCUT2D eigenvalue weighted by molar-refractivity contribution is -0.134. The first-order valence-corrected chi connectivity index (χ1v) is 11.0. The Bertz CT molecular complexity index is 904. The van der Waals surface area contributed by atoms with E-state index >= 15 is 0 Å². The summed E-state index contributed by atoms with van der Waals surface area (Å²) < 4.78 is 7.47. The summed E-state index contributed by atoms with van der Waals surface area (Å²) in [4.78, 5) is 28.8. The first-order chi connectivity index (χ1) is 13.8. The van der Waals surface area contributed by atoms with Crippen LogP contribution in [0.25, 0.3) is 11.1 Å². The van der Waals surface area contributed by atoms with Crippen LogP contribution < -0.4 is 5.32 Å². The van der Waals surface area contributed by atoms with E-state index in [0.717, 1.165) is 43.5 Å². The van der Waals surface area contributed by atoms with Gasteiger partial charge in [-0.1, -0.05) is 20.8 Å². The van der Waals surface area contributed by atoms with Crippen LogP contribution in [0.2, 0.25) is 0 Å². The van der Waals surface area contributed by atoms with Crippen molar-refractivity contribution in [3.8, 4) is 0 Å². The van der Waals surface area contributed by atoms with E-state index in [-0.39, 0.29) is 17.9 Å². The minimum atomic E-state index is -0.911. The fourth-order valence-corrected chi connectivity index (χ4v) is 4.76. The molecule has 0 radical (unpaired) electrons.